The van der Waals surface area contributed by atoms with E-state index in [9.17, 15) is 0 Å². The van der Waals surface area contributed by atoms with Crippen molar-refractivity contribution in [1.29, 1.82) is 0 Å². The SMILES string of the molecule is CC(C)(C)c1ccc2c(-c3ccc(-c4ccccc4)cc3)c3ccccc3c(-c3ccc(-c4ccccc4)cc3)c2c1.Cc1ccc2c(-c3ccc(-c4ccccc4)cc3)c3ccccc3c(-c3ccc(-c4ccccc4)cc3)c2c1.c1ccc(-c2ccc(-c3c4ccccc4c(-c4ccc(-c5ccccc5)cc4)c4cc(-c5ccccc5)ccc34)cc2)cc1. The fourth-order valence-electron chi connectivity index (χ4n) is 18.6. The van der Waals surface area contributed by atoms with E-state index in [1.807, 2.05) is 0 Å². The standard InChI is InChI=1S/C44H30.C42H34.C39H28/c1-4-12-31(13-5-1)34-20-24-36(25-21-34)43-39-18-10-11-19-40(39)44(37-26-22-35(23-27-37)32-14-6-2-7-15-32)42-30-38(28-29-41(42)43)33-16-8-3-9-17-33;1-42(2,3)35-26-27-38-39(28-35)41(34-24-20-32(21-25-34)30-14-8-5-9-15-30)37-17-11-10-16-36(37)40(38)33-22-18-31(19-23-33)29-12-6-4-7-13-29;1-27-16-25-36-37(26-27)39(33-23-19-31(20-24-33)29-12-6-3-7-13-29)35-15-9-8-14-34(35)38(36)32-21-17-30(18-22-32)28-10-4-2-5-11-28/h1-30H;4-28H,1-3H3;2-26H,1H3. The molecule has 0 bridgehead atoms. The van der Waals surface area contributed by atoms with Crippen molar-refractivity contribution in [3.8, 4) is 145 Å². The van der Waals surface area contributed by atoms with Crippen molar-refractivity contribution in [2.45, 2.75) is 33.1 Å². The van der Waals surface area contributed by atoms with Crippen LogP contribution < -0.4 is 0 Å². The second-order valence-corrected chi connectivity index (χ2v) is 33.7. The van der Waals surface area contributed by atoms with Crippen molar-refractivity contribution in [2.24, 2.45) is 0 Å². The summed E-state index contributed by atoms with van der Waals surface area (Å²) in [5.41, 5.74) is 35.1. The van der Waals surface area contributed by atoms with Gasteiger partial charge in [0, 0.05) is 0 Å². The Morgan fingerprint density at radius 2 is 0.280 bits per heavy atom. The molecule has 125 heavy (non-hydrogen) atoms. The smallest absolute Gasteiger partial charge is 0.00261 e. The second-order valence-electron chi connectivity index (χ2n) is 33.7. The highest BCUT2D eigenvalue weighted by Gasteiger charge is 2.24. The summed E-state index contributed by atoms with van der Waals surface area (Å²) in [6.07, 6.45) is 0. The van der Waals surface area contributed by atoms with E-state index in [1.165, 1.54) is 220 Å². The summed E-state index contributed by atoms with van der Waals surface area (Å²) < 4.78 is 0. The molecule has 0 unspecified atom stereocenters. The molecule has 0 radical (unpaired) electrons. The summed E-state index contributed by atoms with van der Waals surface area (Å²) in [6.45, 7) is 9.08. The minimum atomic E-state index is 0.0474. The van der Waals surface area contributed by atoms with Gasteiger partial charge in [-0.15, -0.1) is 0 Å². The Morgan fingerprint density at radius 3 is 0.520 bits per heavy atom. The van der Waals surface area contributed by atoms with E-state index in [-0.39, 0.29) is 5.41 Å². The number of hydrogen-bond acceptors (Lipinski definition) is 0. The zero-order valence-electron chi connectivity index (χ0n) is 70.7. The lowest BCUT2D eigenvalue weighted by molar-refractivity contribution is 0.591. The highest BCUT2D eigenvalue weighted by atomic mass is 14.3. The van der Waals surface area contributed by atoms with Crippen molar-refractivity contribution < 1.29 is 0 Å². The second kappa shape index (κ2) is 34.5. The normalized spacial score (nSPS) is 11.4. The van der Waals surface area contributed by atoms with E-state index >= 15 is 0 Å². The molecule has 0 saturated heterocycles. The molecule has 0 N–H and O–H groups in total. The number of fused-ring (bicyclic) bond motifs is 6. The summed E-state index contributed by atoms with van der Waals surface area (Å²) in [4.78, 5) is 0. The predicted molar refractivity (Wildman–Crippen MR) is 538 cm³/mol. The number of benzene rings is 22. The van der Waals surface area contributed by atoms with E-state index in [1.54, 1.807) is 0 Å². The lowest BCUT2D eigenvalue weighted by Gasteiger charge is -2.23. The molecule has 0 aliphatic heterocycles. The predicted octanol–water partition coefficient (Wildman–Crippen LogP) is 35.3. The van der Waals surface area contributed by atoms with Crippen LogP contribution >= 0.6 is 0 Å². The van der Waals surface area contributed by atoms with Gasteiger partial charge in [0.05, 0.1) is 0 Å². The van der Waals surface area contributed by atoms with Crippen LogP contribution in [0.2, 0.25) is 0 Å². The number of hydrogen-bond donors (Lipinski definition) is 0. The van der Waals surface area contributed by atoms with Gasteiger partial charge < -0.3 is 0 Å². The molecule has 0 nitrogen and oxygen atoms in total. The van der Waals surface area contributed by atoms with E-state index in [0.717, 1.165) is 0 Å². The van der Waals surface area contributed by atoms with Gasteiger partial charge in [-0.25, -0.2) is 0 Å². The van der Waals surface area contributed by atoms with Gasteiger partial charge in [-0.1, -0.05) is 500 Å². The zero-order chi connectivity index (χ0) is 84.2. The topological polar surface area (TPSA) is 0 Å². The zero-order valence-corrected chi connectivity index (χ0v) is 70.7. The van der Waals surface area contributed by atoms with E-state index < -0.39 is 0 Å². The molecule has 22 aromatic rings. The molecule has 0 fully saturated rings. The maximum absolute atomic E-state index is 2.43. The van der Waals surface area contributed by atoms with Gasteiger partial charge in [0.25, 0.3) is 0 Å². The van der Waals surface area contributed by atoms with E-state index in [2.05, 4.69) is 513 Å². The Labute approximate surface area is 733 Å². The average molecular weight is 1590 g/mol. The average Bonchev–Trinajstić information content (AvgIpc) is 0.737. The number of rotatable bonds is 13. The van der Waals surface area contributed by atoms with Crippen molar-refractivity contribution in [2.75, 3.05) is 0 Å². The third kappa shape index (κ3) is 15.8. The van der Waals surface area contributed by atoms with Crippen LogP contribution in [0.25, 0.3) is 209 Å². The molecule has 592 valence electrons. The summed E-state index contributed by atoms with van der Waals surface area (Å²) in [5, 5.41) is 15.4. The molecule has 0 atom stereocenters. The maximum atomic E-state index is 2.43. The monoisotopic (exact) mass is 1590 g/mol. The first-order chi connectivity index (χ1) is 61.6. The molecule has 0 aliphatic rings. The first-order valence-electron chi connectivity index (χ1n) is 43.5. The van der Waals surface area contributed by atoms with Crippen LogP contribution in [0.4, 0.5) is 0 Å². The Kier molecular flexibility index (Phi) is 21.5. The quantitative estimate of drug-likeness (QED) is 0.101. The van der Waals surface area contributed by atoms with E-state index in [0.29, 0.717) is 0 Å². The Hall–Kier alpha value is -15.6. The molecular formula is C125H92. The highest BCUT2D eigenvalue weighted by Crippen LogP contribution is 2.50. The van der Waals surface area contributed by atoms with Gasteiger partial charge in [0.1, 0.15) is 0 Å². The number of aryl methyl sites for hydroxylation is 1. The third-order valence-corrected chi connectivity index (χ3v) is 24.9. The van der Waals surface area contributed by atoms with Crippen LogP contribution in [0.5, 0.6) is 0 Å². The summed E-state index contributed by atoms with van der Waals surface area (Å²) in [7, 11) is 0. The lowest BCUT2D eigenvalue weighted by Crippen LogP contribution is -2.10. The highest BCUT2D eigenvalue weighted by molar-refractivity contribution is 6.25. The fourth-order valence-corrected chi connectivity index (χ4v) is 18.6. The molecule has 0 heterocycles. The Balaban J connectivity index is 0.000000119. The van der Waals surface area contributed by atoms with Crippen LogP contribution in [-0.4, -0.2) is 0 Å². The van der Waals surface area contributed by atoms with E-state index in [4.69, 9.17) is 0 Å². The maximum Gasteiger partial charge on any atom is -0.00261 e. The molecule has 0 amide bonds. The molecule has 22 aromatic carbocycles. The van der Waals surface area contributed by atoms with Crippen molar-refractivity contribution >= 4 is 64.6 Å². The molecule has 0 spiro atoms. The van der Waals surface area contributed by atoms with Gasteiger partial charge in [-0.2, -0.15) is 0 Å². The van der Waals surface area contributed by atoms with Gasteiger partial charge in [0.15, 0.2) is 0 Å². The summed E-state index contributed by atoms with van der Waals surface area (Å²) in [6, 6.07) is 176. The van der Waals surface area contributed by atoms with Crippen LogP contribution in [0, 0.1) is 6.92 Å². The molecule has 0 aliphatic carbocycles. The van der Waals surface area contributed by atoms with Crippen LogP contribution in [0.15, 0.2) is 485 Å². The lowest BCUT2D eigenvalue weighted by atomic mass is 9.81. The minimum Gasteiger partial charge on any atom is -0.0622 e. The third-order valence-electron chi connectivity index (χ3n) is 24.9. The first kappa shape index (κ1) is 78.0. The summed E-state index contributed by atoms with van der Waals surface area (Å²) in [5.74, 6) is 0. The summed E-state index contributed by atoms with van der Waals surface area (Å²) >= 11 is 0. The van der Waals surface area contributed by atoms with Crippen molar-refractivity contribution in [1.82, 2.24) is 0 Å². The van der Waals surface area contributed by atoms with Crippen molar-refractivity contribution in [3.05, 3.63) is 496 Å². The minimum absolute atomic E-state index is 0.0474. The van der Waals surface area contributed by atoms with Gasteiger partial charge in [-0.05, 0) is 239 Å². The Morgan fingerprint density at radius 1 is 0.120 bits per heavy atom. The first-order valence-corrected chi connectivity index (χ1v) is 43.5. The van der Waals surface area contributed by atoms with Gasteiger partial charge in [0.2, 0.25) is 0 Å². The van der Waals surface area contributed by atoms with Crippen LogP contribution in [-0.2, 0) is 5.41 Å². The van der Waals surface area contributed by atoms with Gasteiger partial charge >= 0.3 is 0 Å². The van der Waals surface area contributed by atoms with Crippen molar-refractivity contribution in [3.63, 3.8) is 0 Å². The van der Waals surface area contributed by atoms with Gasteiger partial charge in [-0.3, -0.25) is 0 Å². The largest absolute Gasteiger partial charge is 0.0622 e. The van der Waals surface area contributed by atoms with Crippen LogP contribution in [0.3, 0.4) is 0 Å². The molecule has 22 rings (SSSR count). The fraction of sp³-hybridized carbons (Fsp3) is 0.0400. The molecule has 0 aromatic heterocycles. The molecule has 0 heteroatoms. The molecule has 0 saturated carbocycles. The van der Waals surface area contributed by atoms with Crippen LogP contribution in [0.1, 0.15) is 31.9 Å². The Bertz CT molecular complexity index is 7590. The molecular weight excluding hydrogens is 1500 g/mol.